The van der Waals surface area contributed by atoms with Gasteiger partial charge >= 0.3 is 0 Å². The van der Waals surface area contributed by atoms with Crippen molar-refractivity contribution in [1.29, 1.82) is 0 Å². The van der Waals surface area contributed by atoms with E-state index in [0.717, 1.165) is 61.2 Å². The average Bonchev–Trinajstić information content (AvgIpc) is 3.72. The molecule has 0 saturated heterocycles. The number of amides is 1. The van der Waals surface area contributed by atoms with Crippen molar-refractivity contribution in [2.45, 2.75) is 13.3 Å². The van der Waals surface area contributed by atoms with Crippen LogP contribution in [-0.4, -0.2) is 31.1 Å². The van der Waals surface area contributed by atoms with Gasteiger partial charge in [0.15, 0.2) is 5.65 Å². The largest absolute Gasteiger partial charge is 0.352 e. The highest BCUT2D eigenvalue weighted by atomic mass is 32.1. The fraction of sp³-hybridized carbons (Fsp3) is 0.0625. The first-order chi connectivity index (χ1) is 19.6. The van der Waals surface area contributed by atoms with Crippen molar-refractivity contribution >= 4 is 44.8 Å². The van der Waals surface area contributed by atoms with Crippen molar-refractivity contribution in [3.8, 4) is 22.5 Å². The van der Waals surface area contributed by atoms with Gasteiger partial charge in [0.25, 0.3) is 0 Å². The lowest BCUT2D eigenvalue weighted by molar-refractivity contribution is -0.119. The minimum absolute atomic E-state index is 0.0706. The first-order valence-corrected chi connectivity index (χ1v) is 13.7. The third-order valence-electron chi connectivity index (χ3n) is 6.60. The van der Waals surface area contributed by atoms with E-state index in [1.54, 1.807) is 23.6 Å². The standard InChI is InChI=1S/C32H26N6OS/c1-3-7-22(12-20(2)35-30(39)13-21-8-5-4-6-9-21)24-14-26-31(37-38-32(26)34-16-24)28-15-25-27(23-10-11-40-19-23)17-33-18-29(25)36-28/h3-12,14-19,36H,1,13H2,2H3,(H,35,39)(H,34,37,38)/b20-12+,22-7+. The second-order valence-corrected chi connectivity index (χ2v) is 10.2. The smallest absolute Gasteiger partial charge is 0.228 e. The predicted molar refractivity (Wildman–Crippen MR) is 163 cm³/mol. The van der Waals surface area contributed by atoms with Gasteiger partial charge in [0.1, 0.15) is 0 Å². The van der Waals surface area contributed by atoms with Crippen LogP contribution in [0.2, 0.25) is 0 Å². The first kappa shape index (κ1) is 25.2. The average molecular weight is 543 g/mol. The molecule has 0 aliphatic heterocycles. The summed E-state index contributed by atoms with van der Waals surface area (Å²) in [5.74, 6) is -0.0706. The van der Waals surface area contributed by atoms with Crippen molar-refractivity contribution < 1.29 is 4.79 Å². The summed E-state index contributed by atoms with van der Waals surface area (Å²) >= 11 is 1.66. The molecule has 6 aromatic rings. The van der Waals surface area contributed by atoms with Gasteiger partial charge in [-0.3, -0.25) is 14.9 Å². The molecular weight excluding hydrogens is 516 g/mol. The van der Waals surface area contributed by atoms with Crippen LogP contribution in [0.15, 0.2) is 108 Å². The number of pyridine rings is 2. The summed E-state index contributed by atoms with van der Waals surface area (Å²) in [6.07, 6.45) is 11.4. The lowest BCUT2D eigenvalue weighted by atomic mass is 10.0. The second-order valence-electron chi connectivity index (χ2n) is 9.43. The molecule has 5 aromatic heterocycles. The number of carbonyl (C=O) groups is 1. The molecule has 3 N–H and O–H groups in total. The van der Waals surface area contributed by atoms with Gasteiger partial charge in [-0.2, -0.15) is 16.4 Å². The fourth-order valence-electron chi connectivity index (χ4n) is 4.77. The number of aromatic nitrogens is 5. The van der Waals surface area contributed by atoms with E-state index in [4.69, 9.17) is 0 Å². The number of H-pyrrole nitrogens is 2. The number of fused-ring (bicyclic) bond motifs is 2. The molecule has 5 heterocycles. The zero-order valence-electron chi connectivity index (χ0n) is 21.8. The lowest BCUT2D eigenvalue weighted by Crippen LogP contribution is -2.23. The molecule has 196 valence electrons. The molecule has 0 unspecified atom stereocenters. The van der Waals surface area contributed by atoms with E-state index in [9.17, 15) is 4.79 Å². The molecule has 1 amide bonds. The number of benzene rings is 1. The molecule has 1 aromatic carbocycles. The van der Waals surface area contributed by atoms with E-state index in [-0.39, 0.29) is 5.91 Å². The Hall–Kier alpha value is -5.08. The van der Waals surface area contributed by atoms with Crippen LogP contribution in [0.3, 0.4) is 0 Å². The summed E-state index contributed by atoms with van der Waals surface area (Å²) in [6.45, 7) is 5.75. The molecule has 0 atom stereocenters. The number of nitrogens with one attached hydrogen (secondary N) is 3. The summed E-state index contributed by atoms with van der Waals surface area (Å²) in [5.41, 5.74) is 8.96. The second kappa shape index (κ2) is 11.0. The molecule has 8 heteroatoms. The van der Waals surface area contributed by atoms with Crippen LogP contribution < -0.4 is 5.32 Å². The number of thiophene rings is 1. The van der Waals surface area contributed by atoms with Crippen molar-refractivity contribution in [3.05, 3.63) is 120 Å². The third kappa shape index (κ3) is 5.12. The molecule has 0 saturated carbocycles. The number of hydrogen-bond acceptors (Lipinski definition) is 5. The number of rotatable bonds is 8. The zero-order chi connectivity index (χ0) is 27.5. The Morgan fingerprint density at radius 3 is 2.77 bits per heavy atom. The fourth-order valence-corrected chi connectivity index (χ4v) is 5.42. The van der Waals surface area contributed by atoms with Gasteiger partial charge in [0.2, 0.25) is 5.91 Å². The summed E-state index contributed by atoms with van der Waals surface area (Å²) < 4.78 is 0. The van der Waals surface area contributed by atoms with Crippen LogP contribution in [0.4, 0.5) is 0 Å². The number of nitrogens with zero attached hydrogens (tertiary/aromatic N) is 3. The summed E-state index contributed by atoms with van der Waals surface area (Å²) in [5, 5.41) is 16.7. The van der Waals surface area contributed by atoms with E-state index in [0.29, 0.717) is 12.1 Å². The molecule has 0 aliphatic rings. The Bertz CT molecular complexity index is 1890. The minimum atomic E-state index is -0.0706. The molecule has 0 aliphatic carbocycles. The van der Waals surface area contributed by atoms with Gasteiger partial charge in [-0.15, -0.1) is 0 Å². The molecular formula is C32H26N6OS. The predicted octanol–water partition coefficient (Wildman–Crippen LogP) is 7.06. The van der Waals surface area contributed by atoms with Gasteiger partial charge in [0, 0.05) is 40.0 Å². The van der Waals surface area contributed by atoms with E-state index in [2.05, 4.69) is 66.0 Å². The monoisotopic (exact) mass is 542 g/mol. The van der Waals surface area contributed by atoms with E-state index in [1.807, 2.05) is 61.8 Å². The summed E-state index contributed by atoms with van der Waals surface area (Å²) in [6, 6.07) is 16.0. The molecule has 6 rings (SSSR count). The highest BCUT2D eigenvalue weighted by Crippen LogP contribution is 2.34. The maximum Gasteiger partial charge on any atom is 0.228 e. The van der Waals surface area contributed by atoms with Gasteiger partial charge in [-0.05, 0) is 58.7 Å². The van der Waals surface area contributed by atoms with Gasteiger partial charge in [0.05, 0.1) is 29.5 Å². The molecule has 7 nitrogen and oxygen atoms in total. The maximum atomic E-state index is 12.6. The van der Waals surface area contributed by atoms with Crippen molar-refractivity contribution in [2.75, 3.05) is 0 Å². The van der Waals surface area contributed by atoms with E-state index in [1.165, 1.54) is 0 Å². The SMILES string of the molecule is C=C/C=C(\C=C(/C)NC(=O)Cc1ccccc1)c1cnc2n[nH]c(-c3cc4c(-c5ccsc5)cncc4[nH]3)c2c1. The Kier molecular flexibility index (Phi) is 6.91. The van der Waals surface area contributed by atoms with Gasteiger partial charge in [-0.1, -0.05) is 49.1 Å². The molecule has 0 radical (unpaired) electrons. The highest BCUT2D eigenvalue weighted by Gasteiger charge is 2.15. The van der Waals surface area contributed by atoms with Crippen molar-refractivity contribution in [1.82, 2.24) is 30.5 Å². The number of hydrogen-bond donors (Lipinski definition) is 3. The van der Waals surface area contributed by atoms with Crippen molar-refractivity contribution in [2.24, 2.45) is 0 Å². The highest BCUT2D eigenvalue weighted by molar-refractivity contribution is 7.08. The lowest BCUT2D eigenvalue weighted by Gasteiger charge is -2.08. The minimum Gasteiger partial charge on any atom is -0.352 e. The van der Waals surface area contributed by atoms with Crippen LogP contribution >= 0.6 is 11.3 Å². The summed E-state index contributed by atoms with van der Waals surface area (Å²) in [4.78, 5) is 25.1. The Balaban J connectivity index is 1.32. The Morgan fingerprint density at radius 1 is 1.10 bits per heavy atom. The normalized spacial score (nSPS) is 12.2. The zero-order valence-corrected chi connectivity index (χ0v) is 22.6. The van der Waals surface area contributed by atoms with Crippen LogP contribution in [-0.2, 0) is 11.2 Å². The number of aromatic amines is 2. The quantitative estimate of drug-likeness (QED) is 0.179. The molecule has 40 heavy (non-hydrogen) atoms. The number of allylic oxidation sites excluding steroid dienone is 5. The topological polar surface area (TPSA) is 99.3 Å². The number of carbonyl (C=O) groups excluding carboxylic acids is 1. The van der Waals surface area contributed by atoms with Crippen molar-refractivity contribution in [3.63, 3.8) is 0 Å². The van der Waals surface area contributed by atoms with Gasteiger partial charge < -0.3 is 10.3 Å². The first-order valence-electron chi connectivity index (χ1n) is 12.8. The van der Waals surface area contributed by atoms with E-state index >= 15 is 0 Å². The third-order valence-corrected chi connectivity index (χ3v) is 7.29. The van der Waals surface area contributed by atoms with Gasteiger partial charge in [-0.25, -0.2) is 4.98 Å². The Morgan fingerprint density at radius 2 is 1.98 bits per heavy atom. The summed E-state index contributed by atoms with van der Waals surface area (Å²) in [7, 11) is 0. The van der Waals surface area contributed by atoms with Crippen LogP contribution in [0.5, 0.6) is 0 Å². The Labute approximate surface area is 235 Å². The molecule has 0 bridgehead atoms. The van der Waals surface area contributed by atoms with E-state index < -0.39 is 0 Å². The maximum absolute atomic E-state index is 12.6. The molecule has 0 spiro atoms. The van der Waals surface area contributed by atoms with Crippen LogP contribution in [0, 0.1) is 0 Å². The molecule has 0 fully saturated rings. The van der Waals surface area contributed by atoms with Crippen LogP contribution in [0.1, 0.15) is 18.1 Å². The van der Waals surface area contributed by atoms with Crippen LogP contribution in [0.25, 0.3) is 50.0 Å².